The quantitative estimate of drug-likeness (QED) is 0.794. The Morgan fingerprint density at radius 1 is 1.03 bits per heavy atom. The first-order chi connectivity index (χ1) is 14.6. The minimum absolute atomic E-state index is 0.0868. The molecule has 2 aromatic carbocycles. The second kappa shape index (κ2) is 9.21. The van der Waals surface area contributed by atoms with E-state index in [0.717, 1.165) is 5.75 Å². The van der Waals surface area contributed by atoms with Crippen LogP contribution in [0.25, 0.3) is 0 Å². The van der Waals surface area contributed by atoms with Gasteiger partial charge in [-0.05, 0) is 17.7 Å². The number of amides is 3. The van der Waals surface area contributed by atoms with Crippen molar-refractivity contribution in [1.29, 1.82) is 0 Å². The third kappa shape index (κ3) is 4.59. The standard InChI is InChI=1S/C22H23N3O4S/c26-20-19-13-24(22(28)29-17-9-5-2-6-10-17)11-12-25(19)21(27)18(23-20)15-30-14-16-7-3-1-4-8-16/h1-10,18-19H,11-15H2,(H,23,26)/t18-,19+/m0/s1. The van der Waals surface area contributed by atoms with Crippen LogP contribution in [0.4, 0.5) is 4.79 Å². The number of carbonyl (C=O) groups excluding carboxylic acids is 3. The number of hydrogen-bond donors (Lipinski definition) is 1. The zero-order valence-corrected chi connectivity index (χ0v) is 17.2. The lowest BCUT2D eigenvalue weighted by molar-refractivity contribution is -0.151. The maximum Gasteiger partial charge on any atom is 0.415 e. The number of ether oxygens (including phenoxy) is 1. The third-order valence-electron chi connectivity index (χ3n) is 5.18. The number of carbonyl (C=O) groups is 3. The van der Waals surface area contributed by atoms with Crippen LogP contribution in [0.1, 0.15) is 5.56 Å². The number of para-hydroxylation sites is 1. The number of fused-ring (bicyclic) bond motifs is 1. The summed E-state index contributed by atoms with van der Waals surface area (Å²) in [5.74, 6) is 1.43. The van der Waals surface area contributed by atoms with Gasteiger partial charge in [0.15, 0.2) is 0 Å². The van der Waals surface area contributed by atoms with Crippen LogP contribution in [0.2, 0.25) is 0 Å². The van der Waals surface area contributed by atoms with Crippen LogP contribution in [-0.4, -0.2) is 65.2 Å². The van der Waals surface area contributed by atoms with Gasteiger partial charge >= 0.3 is 6.09 Å². The van der Waals surface area contributed by atoms with Crippen molar-refractivity contribution in [2.24, 2.45) is 0 Å². The molecule has 0 aliphatic carbocycles. The molecule has 4 rings (SSSR count). The van der Waals surface area contributed by atoms with Crippen LogP contribution in [0, 0.1) is 0 Å². The summed E-state index contributed by atoms with van der Waals surface area (Å²) >= 11 is 1.62. The summed E-state index contributed by atoms with van der Waals surface area (Å²) in [4.78, 5) is 41.0. The van der Waals surface area contributed by atoms with Gasteiger partial charge in [0.2, 0.25) is 11.8 Å². The average Bonchev–Trinajstić information content (AvgIpc) is 2.78. The van der Waals surface area contributed by atoms with Gasteiger partial charge in [-0.2, -0.15) is 11.8 Å². The summed E-state index contributed by atoms with van der Waals surface area (Å²) in [5, 5.41) is 2.83. The molecule has 30 heavy (non-hydrogen) atoms. The summed E-state index contributed by atoms with van der Waals surface area (Å²) in [7, 11) is 0. The summed E-state index contributed by atoms with van der Waals surface area (Å²) in [6, 6.07) is 17.6. The van der Waals surface area contributed by atoms with Crippen LogP contribution in [0.5, 0.6) is 5.75 Å². The highest BCUT2D eigenvalue weighted by Crippen LogP contribution is 2.21. The van der Waals surface area contributed by atoms with Gasteiger partial charge in [0.05, 0.1) is 6.54 Å². The number of piperazine rings is 2. The first-order valence-electron chi connectivity index (χ1n) is 9.86. The van der Waals surface area contributed by atoms with Crippen molar-refractivity contribution >= 4 is 29.7 Å². The number of hydrogen-bond acceptors (Lipinski definition) is 5. The highest BCUT2D eigenvalue weighted by molar-refractivity contribution is 7.98. The summed E-state index contributed by atoms with van der Waals surface area (Å²) in [6.45, 7) is 0.791. The van der Waals surface area contributed by atoms with E-state index in [1.165, 1.54) is 10.5 Å². The molecule has 2 atom stereocenters. The molecule has 0 bridgehead atoms. The molecule has 7 nitrogen and oxygen atoms in total. The Labute approximate surface area is 179 Å². The molecule has 2 aliphatic heterocycles. The van der Waals surface area contributed by atoms with Gasteiger partial charge in [-0.25, -0.2) is 4.79 Å². The lowest BCUT2D eigenvalue weighted by atomic mass is 10.1. The Hall–Kier alpha value is -3.00. The highest BCUT2D eigenvalue weighted by atomic mass is 32.2. The fraction of sp³-hybridized carbons (Fsp3) is 0.318. The minimum Gasteiger partial charge on any atom is -0.410 e. The van der Waals surface area contributed by atoms with Crippen molar-refractivity contribution in [1.82, 2.24) is 15.1 Å². The fourth-order valence-corrected chi connectivity index (χ4v) is 4.61. The van der Waals surface area contributed by atoms with E-state index in [2.05, 4.69) is 5.32 Å². The fourth-order valence-electron chi connectivity index (χ4n) is 3.60. The minimum atomic E-state index is -0.676. The predicted molar refractivity (Wildman–Crippen MR) is 114 cm³/mol. The molecule has 2 heterocycles. The topological polar surface area (TPSA) is 79.0 Å². The van der Waals surface area contributed by atoms with Crippen molar-refractivity contribution in [2.45, 2.75) is 17.8 Å². The molecule has 0 unspecified atom stereocenters. The third-order valence-corrected chi connectivity index (χ3v) is 6.29. The monoisotopic (exact) mass is 425 g/mol. The van der Waals surface area contributed by atoms with Gasteiger partial charge in [-0.1, -0.05) is 48.5 Å². The van der Waals surface area contributed by atoms with Crippen LogP contribution >= 0.6 is 11.8 Å². The first kappa shape index (κ1) is 20.3. The van der Waals surface area contributed by atoms with E-state index in [1.807, 2.05) is 36.4 Å². The second-order valence-electron chi connectivity index (χ2n) is 7.24. The predicted octanol–water partition coefficient (Wildman–Crippen LogP) is 2.13. The largest absolute Gasteiger partial charge is 0.415 e. The average molecular weight is 426 g/mol. The Morgan fingerprint density at radius 2 is 1.73 bits per heavy atom. The number of nitrogens with zero attached hydrogens (tertiary/aromatic N) is 2. The molecule has 0 saturated carbocycles. The second-order valence-corrected chi connectivity index (χ2v) is 8.27. The Balaban J connectivity index is 1.32. The molecule has 1 N–H and O–H groups in total. The summed E-state index contributed by atoms with van der Waals surface area (Å²) in [5.41, 5.74) is 1.18. The van der Waals surface area contributed by atoms with Gasteiger partial charge in [-0.15, -0.1) is 0 Å². The summed E-state index contributed by atoms with van der Waals surface area (Å²) < 4.78 is 5.36. The van der Waals surface area contributed by atoms with Crippen molar-refractivity contribution in [3.63, 3.8) is 0 Å². The van der Waals surface area contributed by atoms with Crippen LogP contribution in [-0.2, 0) is 15.3 Å². The van der Waals surface area contributed by atoms with Crippen molar-refractivity contribution in [2.75, 3.05) is 25.4 Å². The Bertz CT molecular complexity index is 909. The molecular weight excluding hydrogens is 402 g/mol. The smallest absolute Gasteiger partial charge is 0.410 e. The SMILES string of the molecule is O=C1N[C@@H](CSCc2ccccc2)C(=O)N2CCN(C(=O)Oc3ccccc3)C[C@H]12. The maximum atomic E-state index is 12.9. The van der Waals surface area contributed by atoms with E-state index in [1.54, 1.807) is 40.9 Å². The van der Waals surface area contributed by atoms with Crippen molar-refractivity contribution < 1.29 is 19.1 Å². The molecule has 2 saturated heterocycles. The maximum absolute atomic E-state index is 12.9. The molecular formula is C22H23N3O4S. The zero-order valence-electron chi connectivity index (χ0n) is 16.4. The molecule has 0 aromatic heterocycles. The van der Waals surface area contributed by atoms with Gasteiger partial charge in [0.1, 0.15) is 17.8 Å². The Morgan fingerprint density at radius 3 is 2.47 bits per heavy atom. The molecule has 3 amide bonds. The van der Waals surface area contributed by atoms with Gasteiger partial charge in [0.25, 0.3) is 0 Å². The van der Waals surface area contributed by atoms with E-state index in [9.17, 15) is 14.4 Å². The van der Waals surface area contributed by atoms with Gasteiger partial charge in [0, 0.05) is 24.6 Å². The molecule has 2 aromatic rings. The van der Waals surface area contributed by atoms with Gasteiger partial charge < -0.3 is 19.9 Å². The van der Waals surface area contributed by atoms with E-state index < -0.39 is 18.2 Å². The first-order valence-corrected chi connectivity index (χ1v) is 11.0. The molecule has 156 valence electrons. The lowest BCUT2D eigenvalue weighted by Crippen LogP contribution is -2.70. The van der Waals surface area contributed by atoms with Crippen LogP contribution in [0.3, 0.4) is 0 Å². The van der Waals surface area contributed by atoms with Crippen LogP contribution in [0.15, 0.2) is 60.7 Å². The molecule has 2 aliphatic rings. The summed E-state index contributed by atoms with van der Waals surface area (Å²) in [6.07, 6.45) is -0.512. The molecule has 0 radical (unpaired) electrons. The van der Waals surface area contributed by atoms with E-state index in [0.29, 0.717) is 24.6 Å². The van der Waals surface area contributed by atoms with Gasteiger partial charge in [-0.3, -0.25) is 9.59 Å². The molecule has 8 heteroatoms. The normalized spacial score (nSPS) is 21.1. The van der Waals surface area contributed by atoms with Crippen molar-refractivity contribution in [3.8, 4) is 5.75 Å². The zero-order chi connectivity index (χ0) is 20.9. The van der Waals surface area contributed by atoms with E-state index in [-0.39, 0.29) is 18.4 Å². The van der Waals surface area contributed by atoms with Crippen LogP contribution < -0.4 is 10.1 Å². The van der Waals surface area contributed by atoms with E-state index >= 15 is 0 Å². The van der Waals surface area contributed by atoms with Crippen molar-refractivity contribution in [3.05, 3.63) is 66.2 Å². The number of nitrogens with one attached hydrogen (secondary N) is 1. The van der Waals surface area contributed by atoms with E-state index in [4.69, 9.17) is 4.74 Å². The number of benzene rings is 2. The number of thioether (sulfide) groups is 1. The Kier molecular flexibility index (Phi) is 6.23. The lowest BCUT2D eigenvalue weighted by Gasteiger charge is -2.44. The highest BCUT2D eigenvalue weighted by Gasteiger charge is 2.44. The molecule has 0 spiro atoms. The molecule has 2 fully saturated rings. The number of rotatable bonds is 5.